The first kappa shape index (κ1) is 22.0. The molecule has 2 N–H and O–H groups in total. The third-order valence-corrected chi connectivity index (χ3v) is 5.56. The highest BCUT2D eigenvalue weighted by Crippen LogP contribution is 2.35. The Kier molecular flexibility index (Phi) is 6.04. The van der Waals surface area contributed by atoms with Crippen molar-refractivity contribution in [3.63, 3.8) is 0 Å². The lowest BCUT2D eigenvalue weighted by Gasteiger charge is -2.25. The van der Waals surface area contributed by atoms with Crippen molar-refractivity contribution in [3.8, 4) is 11.1 Å². The van der Waals surface area contributed by atoms with E-state index >= 15 is 0 Å². The molecule has 1 unspecified atom stereocenters. The molecule has 4 rings (SSSR count). The van der Waals surface area contributed by atoms with Gasteiger partial charge in [-0.2, -0.15) is 13.2 Å². The molecule has 3 nitrogen and oxygen atoms in total. The number of nitrogens with one attached hydrogen (secondary N) is 1. The van der Waals surface area contributed by atoms with Gasteiger partial charge in [0, 0.05) is 23.6 Å². The Morgan fingerprint density at radius 1 is 0.969 bits per heavy atom. The van der Waals surface area contributed by atoms with Crippen molar-refractivity contribution >= 4 is 10.9 Å². The minimum Gasteiger partial charge on any atom is -0.389 e. The van der Waals surface area contributed by atoms with E-state index in [9.17, 15) is 22.7 Å². The molecule has 0 aliphatic heterocycles. The molecule has 32 heavy (non-hydrogen) atoms. The van der Waals surface area contributed by atoms with Crippen molar-refractivity contribution in [2.75, 3.05) is 7.05 Å². The second kappa shape index (κ2) is 8.76. The average Bonchev–Trinajstić information content (AvgIpc) is 3.13. The monoisotopic (exact) mass is 442 g/mol. The first-order chi connectivity index (χ1) is 15.3. The molecular weight excluding hydrogens is 420 g/mol. The molecule has 0 amide bonds. The summed E-state index contributed by atoms with van der Waals surface area (Å²) < 4.78 is 54.3. The maximum atomic E-state index is 13.6. The van der Waals surface area contributed by atoms with Gasteiger partial charge in [-0.15, -0.1) is 0 Å². The lowest BCUT2D eigenvalue weighted by atomic mass is 10.0. The Morgan fingerprint density at radius 3 is 2.34 bits per heavy atom. The lowest BCUT2D eigenvalue weighted by Crippen LogP contribution is -2.35. The maximum Gasteiger partial charge on any atom is 0.416 e. The molecule has 1 aromatic heterocycles. The fourth-order valence-electron chi connectivity index (χ4n) is 4.04. The van der Waals surface area contributed by atoms with Crippen molar-refractivity contribution < 1.29 is 22.7 Å². The van der Waals surface area contributed by atoms with E-state index in [0.29, 0.717) is 11.1 Å². The van der Waals surface area contributed by atoms with Crippen molar-refractivity contribution in [1.29, 1.82) is 0 Å². The summed E-state index contributed by atoms with van der Waals surface area (Å²) in [5, 5.41) is 14.9. The Balaban J connectivity index is 1.72. The molecule has 3 aromatic carbocycles. The maximum absolute atomic E-state index is 13.6. The topological polar surface area (TPSA) is 37.2 Å². The molecule has 0 aliphatic rings. The van der Waals surface area contributed by atoms with Crippen molar-refractivity contribution in [3.05, 3.63) is 95.9 Å². The molecule has 1 heterocycles. The molecular formula is C25H22F4N2O. The highest BCUT2D eigenvalue weighted by molar-refractivity contribution is 5.96. The van der Waals surface area contributed by atoms with Gasteiger partial charge >= 0.3 is 6.18 Å². The second-order valence-corrected chi connectivity index (χ2v) is 7.68. The van der Waals surface area contributed by atoms with Gasteiger partial charge in [0.2, 0.25) is 0 Å². The van der Waals surface area contributed by atoms with Crippen LogP contribution in [0.25, 0.3) is 22.0 Å². The number of fused-ring (bicyclic) bond motifs is 1. The summed E-state index contributed by atoms with van der Waals surface area (Å²) in [7, 11) is 1.71. The third kappa shape index (κ3) is 4.40. The quantitative estimate of drug-likeness (QED) is 0.371. The Morgan fingerprint density at radius 2 is 1.69 bits per heavy atom. The number of aliphatic hydroxyl groups is 1. The fraction of sp³-hybridized carbons (Fsp3) is 0.200. The molecule has 0 saturated carbocycles. The number of alkyl halides is 3. The number of para-hydroxylation sites is 1. The summed E-state index contributed by atoms with van der Waals surface area (Å²) in [6.07, 6.45) is -3.76. The molecule has 2 atom stereocenters. The fourth-order valence-corrected chi connectivity index (χ4v) is 4.04. The van der Waals surface area contributed by atoms with E-state index in [1.54, 1.807) is 19.2 Å². The van der Waals surface area contributed by atoms with Gasteiger partial charge < -0.3 is 9.67 Å². The van der Waals surface area contributed by atoms with Crippen molar-refractivity contribution in [2.24, 2.45) is 0 Å². The molecule has 7 heteroatoms. The van der Waals surface area contributed by atoms with Gasteiger partial charge in [-0.1, -0.05) is 42.5 Å². The van der Waals surface area contributed by atoms with Crippen LogP contribution in [0.5, 0.6) is 0 Å². The van der Waals surface area contributed by atoms with E-state index in [2.05, 4.69) is 5.32 Å². The summed E-state index contributed by atoms with van der Waals surface area (Å²) in [6.45, 7) is 0. The number of hydrogen-bond donors (Lipinski definition) is 2. The zero-order valence-corrected chi connectivity index (χ0v) is 17.3. The zero-order valence-electron chi connectivity index (χ0n) is 17.3. The minimum absolute atomic E-state index is 0.228. The van der Waals surface area contributed by atoms with E-state index in [1.165, 1.54) is 24.3 Å². The van der Waals surface area contributed by atoms with Gasteiger partial charge in [0.05, 0.1) is 17.2 Å². The number of aromatic nitrogens is 1. The molecule has 0 spiro atoms. The highest BCUT2D eigenvalue weighted by Gasteiger charge is 2.30. The first-order valence-corrected chi connectivity index (χ1v) is 10.1. The molecule has 0 fully saturated rings. The average molecular weight is 442 g/mol. The molecule has 166 valence electrons. The van der Waals surface area contributed by atoms with Gasteiger partial charge in [0.25, 0.3) is 0 Å². The minimum atomic E-state index is -4.40. The summed E-state index contributed by atoms with van der Waals surface area (Å²) in [5.41, 5.74) is 2.18. The number of likely N-dealkylation sites (N-methyl/N-ethyl adjacent to an activating group) is 1. The smallest absolute Gasteiger partial charge is 0.389 e. The summed E-state index contributed by atoms with van der Waals surface area (Å²) in [6, 6.07) is 18.6. The number of rotatable bonds is 6. The molecule has 0 aliphatic carbocycles. The van der Waals surface area contributed by atoms with Crippen LogP contribution in [0.4, 0.5) is 17.6 Å². The van der Waals surface area contributed by atoms with Crippen LogP contribution < -0.4 is 5.32 Å². The van der Waals surface area contributed by atoms with Crippen LogP contribution in [-0.2, 0) is 12.6 Å². The van der Waals surface area contributed by atoms with Crippen LogP contribution >= 0.6 is 0 Å². The summed E-state index contributed by atoms with van der Waals surface area (Å²) in [4.78, 5) is 0. The molecule has 0 radical (unpaired) electrons. The van der Waals surface area contributed by atoms with E-state index in [0.717, 1.165) is 28.6 Å². The van der Waals surface area contributed by atoms with E-state index < -0.39 is 24.0 Å². The standard InChI is InChI=1S/C25H22F4N2O/c1-30-24(23(32)14-16-5-4-6-19(26)13-16)31-15-21(20-7-2-3-8-22(20)31)17-9-11-18(12-10-17)25(27,28)29/h2-13,15,23-24,30,32H,14H2,1H3/t23-,24?/m1/s1. The largest absolute Gasteiger partial charge is 0.416 e. The molecule has 0 bridgehead atoms. The van der Waals surface area contributed by atoms with Gasteiger partial charge in [0.1, 0.15) is 12.0 Å². The van der Waals surface area contributed by atoms with Crippen LogP contribution in [0.15, 0.2) is 79.0 Å². The second-order valence-electron chi connectivity index (χ2n) is 7.68. The number of benzene rings is 3. The summed E-state index contributed by atoms with van der Waals surface area (Å²) in [5.74, 6) is -0.369. The Labute approximate surface area is 182 Å². The first-order valence-electron chi connectivity index (χ1n) is 10.1. The van der Waals surface area contributed by atoms with Gasteiger partial charge in [-0.25, -0.2) is 4.39 Å². The lowest BCUT2D eigenvalue weighted by molar-refractivity contribution is -0.137. The van der Waals surface area contributed by atoms with Crippen LogP contribution in [0.2, 0.25) is 0 Å². The number of aliphatic hydroxyl groups excluding tert-OH is 1. The normalized spacial score (nSPS) is 13.9. The third-order valence-electron chi connectivity index (χ3n) is 5.56. The summed E-state index contributed by atoms with van der Waals surface area (Å²) >= 11 is 0. The van der Waals surface area contributed by atoms with Gasteiger partial charge in [0.15, 0.2) is 0 Å². The van der Waals surface area contributed by atoms with Gasteiger partial charge in [-0.3, -0.25) is 5.32 Å². The van der Waals surface area contributed by atoms with E-state index in [1.807, 2.05) is 35.0 Å². The predicted molar refractivity (Wildman–Crippen MR) is 117 cm³/mol. The number of nitrogens with zero attached hydrogens (tertiary/aromatic N) is 1. The van der Waals surface area contributed by atoms with Crippen molar-refractivity contribution in [2.45, 2.75) is 24.9 Å². The van der Waals surface area contributed by atoms with Crippen molar-refractivity contribution in [1.82, 2.24) is 9.88 Å². The SMILES string of the molecule is CNC([C@H](O)Cc1cccc(F)c1)n1cc(-c2ccc(C(F)(F)F)cc2)c2ccccc21. The van der Waals surface area contributed by atoms with Crippen LogP contribution in [0.1, 0.15) is 17.3 Å². The predicted octanol–water partition coefficient (Wildman–Crippen LogP) is 5.79. The van der Waals surface area contributed by atoms with Crippen LogP contribution in [0, 0.1) is 5.82 Å². The van der Waals surface area contributed by atoms with Crippen LogP contribution in [0.3, 0.4) is 0 Å². The Bertz CT molecular complexity index is 1210. The van der Waals surface area contributed by atoms with E-state index in [-0.39, 0.29) is 12.2 Å². The molecule has 0 saturated heterocycles. The Hall–Kier alpha value is -3.16. The zero-order chi connectivity index (χ0) is 22.9. The highest BCUT2D eigenvalue weighted by atomic mass is 19.4. The van der Waals surface area contributed by atoms with E-state index in [4.69, 9.17) is 0 Å². The van der Waals surface area contributed by atoms with Gasteiger partial charge in [-0.05, 0) is 48.5 Å². The number of halogens is 4. The van der Waals surface area contributed by atoms with Crippen LogP contribution in [-0.4, -0.2) is 22.8 Å². The number of hydrogen-bond acceptors (Lipinski definition) is 2. The molecule has 4 aromatic rings.